The van der Waals surface area contributed by atoms with Gasteiger partial charge in [0.25, 0.3) is 15.6 Å². The zero-order valence-electron chi connectivity index (χ0n) is 20.1. The van der Waals surface area contributed by atoms with E-state index in [0.29, 0.717) is 22.5 Å². The number of carbonyl (C=O) groups excluding carboxylic acids is 1. The van der Waals surface area contributed by atoms with E-state index in [0.717, 1.165) is 6.07 Å². The number of nitriles is 1. The predicted molar refractivity (Wildman–Crippen MR) is 143 cm³/mol. The first-order chi connectivity index (χ1) is 18.0. The number of hydrogen-bond donors (Lipinski definition) is 1. The van der Waals surface area contributed by atoms with Gasteiger partial charge in [-0.25, -0.2) is 17.9 Å². The van der Waals surface area contributed by atoms with Crippen LogP contribution < -0.4 is 10.3 Å². The fourth-order valence-electron chi connectivity index (χ4n) is 3.66. The minimum Gasteiger partial charge on any atom is -0.457 e. The highest BCUT2D eigenvalue weighted by Crippen LogP contribution is 2.32. The molecule has 0 aliphatic heterocycles. The van der Waals surface area contributed by atoms with Gasteiger partial charge >= 0.3 is 5.97 Å². The Kier molecular flexibility index (Phi) is 7.64. The van der Waals surface area contributed by atoms with E-state index in [2.05, 4.69) is 4.72 Å². The van der Waals surface area contributed by atoms with Gasteiger partial charge in [-0.15, -0.1) is 0 Å². The van der Waals surface area contributed by atoms with Crippen LogP contribution in [0, 0.1) is 18.3 Å². The largest absolute Gasteiger partial charge is 0.457 e. The van der Waals surface area contributed by atoms with Crippen molar-refractivity contribution in [3.8, 4) is 11.8 Å². The van der Waals surface area contributed by atoms with Crippen LogP contribution in [-0.2, 0) is 28.4 Å². The number of halogens is 2. The van der Waals surface area contributed by atoms with Crippen LogP contribution in [0.3, 0.4) is 0 Å². The third kappa shape index (κ3) is 5.31. The molecule has 0 saturated carbocycles. The third-order valence-electron chi connectivity index (χ3n) is 5.76. The molecule has 1 aromatic heterocycles. The Hall–Kier alpha value is -4.04. The van der Waals surface area contributed by atoms with Crippen molar-refractivity contribution in [1.82, 2.24) is 9.36 Å². The molecule has 0 spiro atoms. The molecule has 0 unspecified atom stereocenters. The summed E-state index contributed by atoms with van der Waals surface area (Å²) in [6, 6.07) is 19.4. The smallest absolute Gasteiger partial charge is 0.338 e. The van der Waals surface area contributed by atoms with Crippen molar-refractivity contribution < 1.29 is 17.9 Å². The van der Waals surface area contributed by atoms with Crippen LogP contribution in [0.1, 0.15) is 27.2 Å². The lowest BCUT2D eigenvalue weighted by Gasteiger charge is -2.12. The Labute approximate surface area is 228 Å². The van der Waals surface area contributed by atoms with Crippen molar-refractivity contribution in [2.45, 2.75) is 18.4 Å². The van der Waals surface area contributed by atoms with Gasteiger partial charge in [0.1, 0.15) is 17.2 Å². The molecular weight excluding hydrogens is 551 g/mol. The number of aromatic nitrogens is 2. The second-order valence-corrected chi connectivity index (χ2v) is 10.6. The first-order valence-corrected chi connectivity index (χ1v) is 13.3. The second kappa shape index (κ2) is 10.8. The minimum absolute atomic E-state index is 0.118. The predicted octanol–water partition coefficient (Wildman–Crippen LogP) is 4.82. The molecule has 0 aliphatic carbocycles. The van der Waals surface area contributed by atoms with Gasteiger partial charge in [-0.3, -0.25) is 14.2 Å². The van der Waals surface area contributed by atoms with Gasteiger partial charge in [0.2, 0.25) is 0 Å². The maximum atomic E-state index is 13.4. The quantitative estimate of drug-likeness (QED) is 0.318. The van der Waals surface area contributed by atoms with Crippen LogP contribution in [0.4, 0.5) is 5.69 Å². The lowest BCUT2D eigenvalue weighted by atomic mass is 10.1. The van der Waals surface area contributed by atoms with E-state index in [1.807, 2.05) is 6.07 Å². The maximum absolute atomic E-state index is 13.4. The van der Waals surface area contributed by atoms with E-state index in [9.17, 15) is 18.0 Å². The summed E-state index contributed by atoms with van der Waals surface area (Å²) in [4.78, 5) is 25.4. The zero-order chi connectivity index (χ0) is 27.6. The van der Waals surface area contributed by atoms with Gasteiger partial charge < -0.3 is 4.74 Å². The average molecular weight is 571 g/mol. The van der Waals surface area contributed by atoms with Crippen molar-refractivity contribution >= 4 is 44.9 Å². The van der Waals surface area contributed by atoms with Crippen molar-refractivity contribution in [1.29, 1.82) is 5.26 Å². The van der Waals surface area contributed by atoms with E-state index >= 15 is 0 Å². The van der Waals surface area contributed by atoms with Crippen LogP contribution in [0.15, 0.2) is 76.4 Å². The number of esters is 1. The first kappa shape index (κ1) is 27.0. The van der Waals surface area contributed by atoms with Crippen molar-refractivity contribution in [2.75, 3.05) is 4.72 Å². The number of anilines is 1. The van der Waals surface area contributed by atoms with Gasteiger partial charge in [-0.05, 0) is 48.9 Å². The zero-order valence-corrected chi connectivity index (χ0v) is 22.4. The number of sulfonamides is 1. The Morgan fingerprint density at radius 1 is 1.08 bits per heavy atom. The number of nitrogens with zero attached hydrogens (tertiary/aromatic N) is 3. The molecule has 1 heterocycles. The summed E-state index contributed by atoms with van der Waals surface area (Å²) in [6.45, 7) is 1.47. The van der Waals surface area contributed by atoms with Gasteiger partial charge in [0, 0.05) is 7.05 Å². The van der Waals surface area contributed by atoms with Crippen molar-refractivity contribution in [3.05, 3.63) is 110 Å². The molecule has 0 aliphatic rings. The van der Waals surface area contributed by atoms with E-state index in [-0.39, 0.29) is 27.9 Å². The lowest BCUT2D eigenvalue weighted by Crippen LogP contribution is -2.23. The SMILES string of the molecule is Cc1c(NS(=O)(=O)c2cc(C(=O)OCc3ccc(C#N)cc3)cc(Cl)c2Cl)c(=O)n(-c2ccccc2)n1C. The molecule has 4 rings (SSSR count). The first-order valence-electron chi connectivity index (χ1n) is 11.1. The molecule has 0 amide bonds. The number of para-hydroxylation sites is 1. The summed E-state index contributed by atoms with van der Waals surface area (Å²) in [6.07, 6.45) is 0. The highest BCUT2D eigenvalue weighted by atomic mass is 35.5. The Bertz CT molecular complexity index is 1740. The fourth-order valence-corrected chi connectivity index (χ4v) is 5.59. The molecule has 12 heteroatoms. The molecule has 0 radical (unpaired) electrons. The van der Waals surface area contributed by atoms with Crippen LogP contribution in [0.25, 0.3) is 5.69 Å². The highest BCUT2D eigenvalue weighted by molar-refractivity contribution is 7.92. The molecule has 3 aromatic carbocycles. The summed E-state index contributed by atoms with van der Waals surface area (Å²) in [5, 5.41) is 8.38. The van der Waals surface area contributed by atoms with Gasteiger partial charge in [-0.2, -0.15) is 5.26 Å². The summed E-state index contributed by atoms with van der Waals surface area (Å²) >= 11 is 12.4. The van der Waals surface area contributed by atoms with E-state index in [1.54, 1.807) is 68.6 Å². The van der Waals surface area contributed by atoms with E-state index in [4.69, 9.17) is 33.2 Å². The lowest BCUT2D eigenvalue weighted by molar-refractivity contribution is 0.0472. The van der Waals surface area contributed by atoms with Gasteiger partial charge in [0.05, 0.1) is 38.6 Å². The molecule has 0 bridgehead atoms. The monoisotopic (exact) mass is 570 g/mol. The number of benzene rings is 3. The average Bonchev–Trinajstić information content (AvgIpc) is 3.11. The van der Waals surface area contributed by atoms with Crippen molar-refractivity contribution in [3.63, 3.8) is 0 Å². The summed E-state index contributed by atoms with van der Waals surface area (Å²) in [5.74, 6) is -0.841. The van der Waals surface area contributed by atoms with E-state index < -0.39 is 26.4 Å². The molecule has 0 atom stereocenters. The standard InChI is InChI=1S/C26H20Cl2N4O5S/c1-16-24(25(33)32(31(16)2)20-6-4-3-5-7-20)30-38(35,36)22-13-19(12-21(27)23(22)28)26(34)37-15-18-10-8-17(14-29)9-11-18/h3-13,30H,15H2,1-2H3. The van der Waals surface area contributed by atoms with Crippen LogP contribution in [0.2, 0.25) is 10.0 Å². The van der Waals surface area contributed by atoms with E-state index in [1.165, 1.54) is 15.4 Å². The number of hydrogen-bond acceptors (Lipinski definition) is 6. The number of carbonyl (C=O) groups is 1. The second-order valence-electron chi connectivity index (χ2n) is 8.20. The van der Waals surface area contributed by atoms with Crippen LogP contribution in [0.5, 0.6) is 0 Å². The molecule has 38 heavy (non-hydrogen) atoms. The Balaban J connectivity index is 1.64. The third-order valence-corrected chi connectivity index (χ3v) is 8.05. The summed E-state index contributed by atoms with van der Waals surface area (Å²) < 4.78 is 37.1. The van der Waals surface area contributed by atoms with Crippen molar-refractivity contribution in [2.24, 2.45) is 7.05 Å². The molecular formula is C26H20Cl2N4O5S. The molecule has 9 nitrogen and oxygen atoms in total. The Morgan fingerprint density at radius 2 is 1.74 bits per heavy atom. The number of rotatable bonds is 7. The van der Waals surface area contributed by atoms with Crippen LogP contribution in [-0.4, -0.2) is 23.8 Å². The minimum atomic E-state index is -4.46. The molecule has 4 aromatic rings. The summed E-state index contributed by atoms with van der Waals surface area (Å²) in [5.41, 5.74) is 1.04. The number of ether oxygens (including phenoxy) is 1. The fraction of sp³-hybridized carbons (Fsp3) is 0.115. The molecule has 0 fully saturated rings. The molecule has 194 valence electrons. The Morgan fingerprint density at radius 3 is 2.37 bits per heavy atom. The summed E-state index contributed by atoms with van der Waals surface area (Å²) in [7, 11) is -2.84. The number of nitrogens with one attached hydrogen (secondary N) is 1. The normalized spacial score (nSPS) is 11.1. The highest BCUT2D eigenvalue weighted by Gasteiger charge is 2.27. The maximum Gasteiger partial charge on any atom is 0.338 e. The molecule has 1 N–H and O–H groups in total. The van der Waals surface area contributed by atoms with Gasteiger partial charge in [0.15, 0.2) is 0 Å². The van der Waals surface area contributed by atoms with Gasteiger partial charge in [-0.1, -0.05) is 53.5 Å². The van der Waals surface area contributed by atoms with Crippen LogP contribution >= 0.6 is 23.2 Å². The topological polar surface area (TPSA) is 123 Å². The molecule has 0 saturated heterocycles.